The van der Waals surface area contributed by atoms with Crippen molar-refractivity contribution >= 4 is 39.4 Å². The Kier molecular flexibility index (Phi) is 6.92. The van der Waals surface area contributed by atoms with Crippen molar-refractivity contribution in [3.8, 4) is 0 Å². The Labute approximate surface area is 191 Å². The van der Waals surface area contributed by atoms with Gasteiger partial charge in [0.15, 0.2) is 5.13 Å². The normalized spacial score (nSPS) is 11.9. The molecule has 31 heavy (non-hydrogen) atoms. The van der Waals surface area contributed by atoms with Crippen molar-refractivity contribution in [2.45, 2.75) is 32.9 Å². The molecule has 0 fully saturated rings. The van der Waals surface area contributed by atoms with E-state index in [9.17, 15) is 4.79 Å². The second-order valence-corrected chi connectivity index (χ2v) is 9.05. The SMILES string of the molecule is CCc1ccc(N(C(C)=O)c2nc(CNC(c3ccccc3)c3cccs3)cs2)cc1. The number of aromatic nitrogens is 1. The van der Waals surface area contributed by atoms with Gasteiger partial charge in [-0.15, -0.1) is 22.7 Å². The van der Waals surface area contributed by atoms with Crippen LogP contribution in [-0.2, 0) is 17.8 Å². The maximum atomic E-state index is 12.4. The van der Waals surface area contributed by atoms with Crippen molar-refractivity contribution in [1.29, 1.82) is 0 Å². The number of amides is 1. The third kappa shape index (κ3) is 5.10. The minimum Gasteiger partial charge on any atom is -0.300 e. The molecular weight excluding hydrogens is 422 g/mol. The van der Waals surface area contributed by atoms with Gasteiger partial charge in [-0.2, -0.15) is 0 Å². The molecule has 4 rings (SSSR count). The van der Waals surface area contributed by atoms with Crippen LogP contribution in [0.4, 0.5) is 10.8 Å². The summed E-state index contributed by atoms with van der Waals surface area (Å²) in [7, 11) is 0. The topological polar surface area (TPSA) is 45.2 Å². The molecule has 1 atom stereocenters. The molecule has 1 amide bonds. The highest BCUT2D eigenvalue weighted by Crippen LogP contribution is 2.30. The van der Waals surface area contributed by atoms with E-state index in [0.717, 1.165) is 17.8 Å². The van der Waals surface area contributed by atoms with Crippen LogP contribution in [0, 0.1) is 0 Å². The Morgan fingerprint density at radius 1 is 1.03 bits per heavy atom. The van der Waals surface area contributed by atoms with Crippen LogP contribution >= 0.6 is 22.7 Å². The summed E-state index contributed by atoms with van der Waals surface area (Å²) < 4.78 is 0. The highest BCUT2D eigenvalue weighted by Gasteiger charge is 2.19. The minimum atomic E-state index is -0.0427. The lowest BCUT2D eigenvalue weighted by Gasteiger charge is -2.19. The van der Waals surface area contributed by atoms with E-state index in [-0.39, 0.29) is 11.9 Å². The first-order valence-corrected chi connectivity index (χ1v) is 12.1. The molecule has 2 aromatic heterocycles. The summed E-state index contributed by atoms with van der Waals surface area (Å²) in [6.07, 6.45) is 0.972. The molecule has 4 nitrogen and oxygen atoms in total. The highest BCUT2D eigenvalue weighted by molar-refractivity contribution is 7.14. The fraction of sp³-hybridized carbons (Fsp3) is 0.200. The van der Waals surface area contributed by atoms with Crippen molar-refractivity contribution in [3.63, 3.8) is 0 Å². The van der Waals surface area contributed by atoms with Gasteiger partial charge in [-0.1, -0.05) is 55.5 Å². The lowest BCUT2D eigenvalue weighted by atomic mass is 10.1. The van der Waals surface area contributed by atoms with Crippen LogP contribution in [0.1, 0.15) is 41.6 Å². The summed E-state index contributed by atoms with van der Waals surface area (Å²) in [5.41, 5.74) is 4.24. The van der Waals surface area contributed by atoms with Gasteiger partial charge in [0.25, 0.3) is 0 Å². The summed E-state index contributed by atoms with van der Waals surface area (Å²) in [5.74, 6) is -0.0427. The number of nitrogens with zero attached hydrogens (tertiary/aromatic N) is 2. The van der Waals surface area contributed by atoms with Crippen LogP contribution in [0.5, 0.6) is 0 Å². The number of thiazole rings is 1. The monoisotopic (exact) mass is 447 g/mol. The first-order chi connectivity index (χ1) is 15.2. The van der Waals surface area contributed by atoms with Gasteiger partial charge in [-0.25, -0.2) is 4.98 Å². The van der Waals surface area contributed by atoms with Gasteiger partial charge in [-0.3, -0.25) is 15.0 Å². The second-order valence-electron chi connectivity index (χ2n) is 7.24. The zero-order valence-corrected chi connectivity index (χ0v) is 19.2. The predicted molar refractivity (Wildman–Crippen MR) is 130 cm³/mol. The molecular formula is C25H25N3OS2. The van der Waals surface area contributed by atoms with E-state index in [1.165, 1.54) is 27.3 Å². The van der Waals surface area contributed by atoms with Crippen molar-refractivity contribution in [3.05, 3.63) is 99.2 Å². The number of benzene rings is 2. The summed E-state index contributed by atoms with van der Waals surface area (Å²) in [6, 6.07) is 22.9. The lowest BCUT2D eigenvalue weighted by Crippen LogP contribution is -2.23. The number of rotatable bonds is 8. The third-order valence-electron chi connectivity index (χ3n) is 5.10. The zero-order chi connectivity index (χ0) is 21.6. The molecule has 0 saturated carbocycles. The van der Waals surface area contributed by atoms with Gasteiger partial charge >= 0.3 is 0 Å². The summed E-state index contributed by atoms with van der Waals surface area (Å²) in [6.45, 7) is 4.32. The molecule has 0 saturated heterocycles. The largest absolute Gasteiger partial charge is 0.300 e. The average Bonchev–Trinajstić information content (AvgIpc) is 3.48. The van der Waals surface area contributed by atoms with Gasteiger partial charge in [-0.05, 0) is 41.1 Å². The van der Waals surface area contributed by atoms with Crippen LogP contribution in [0.2, 0.25) is 0 Å². The average molecular weight is 448 g/mol. The van der Waals surface area contributed by atoms with Crippen LogP contribution in [0.15, 0.2) is 77.5 Å². The Hall–Kier alpha value is -2.80. The lowest BCUT2D eigenvalue weighted by molar-refractivity contribution is -0.115. The van der Waals surface area contributed by atoms with Crippen LogP contribution in [-0.4, -0.2) is 10.9 Å². The molecule has 158 valence electrons. The van der Waals surface area contributed by atoms with E-state index in [1.807, 2.05) is 23.6 Å². The maximum Gasteiger partial charge on any atom is 0.230 e. The molecule has 0 aliphatic carbocycles. The molecule has 4 aromatic rings. The molecule has 0 radical (unpaired) electrons. The fourth-order valence-electron chi connectivity index (χ4n) is 3.48. The summed E-state index contributed by atoms with van der Waals surface area (Å²) in [5, 5.41) is 8.46. The first kappa shape index (κ1) is 21.4. The molecule has 1 unspecified atom stereocenters. The minimum absolute atomic E-state index is 0.0427. The van der Waals surface area contributed by atoms with Crippen molar-refractivity contribution in [2.75, 3.05) is 4.90 Å². The van der Waals surface area contributed by atoms with Crippen LogP contribution in [0.3, 0.4) is 0 Å². The number of hydrogen-bond donors (Lipinski definition) is 1. The fourth-order valence-corrected chi connectivity index (χ4v) is 5.19. The number of hydrogen-bond acceptors (Lipinski definition) is 5. The number of anilines is 2. The number of nitrogens with one attached hydrogen (secondary N) is 1. The quantitative estimate of drug-likeness (QED) is 0.343. The zero-order valence-electron chi connectivity index (χ0n) is 17.6. The molecule has 6 heteroatoms. The number of aryl methyl sites for hydroxylation is 1. The van der Waals surface area contributed by atoms with E-state index in [0.29, 0.717) is 11.7 Å². The Bertz CT molecular complexity index is 1110. The Morgan fingerprint density at radius 2 is 1.81 bits per heavy atom. The van der Waals surface area contributed by atoms with Gasteiger partial charge < -0.3 is 0 Å². The van der Waals surface area contributed by atoms with Crippen molar-refractivity contribution < 1.29 is 4.79 Å². The Balaban J connectivity index is 1.52. The predicted octanol–water partition coefficient (Wildman–Crippen LogP) is 6.33. The molecule has 1 N–H and O–H groups in total. The molecule has 0 spiro atoms. The number of carbonyl (C=O) groups excluding carboxylic acids is 1. The molecule has 2 heterocycles. The first-order valence-electron chi connectivity index (χ1n) is 10.3. The highest BCUT2D eigenvalue weighted by atomic mass is 32.1. The smallest absolute Gasteiger partial charge is 0.230 e. The van der Waals surface area contributed by atoms with E-state index < -0.39 is 0 Å². The van der Waals surface area contributed by atoms with Crippen LogP contribution < -0.4 is 10.2 Å². The van der Waals surface area contributed by atoms with Gasteiger partial charge in [0, 0.05) is 23.7 Å². The standard InChI is InChI=1S/C25H25N3OS2/c1-3-19-11-13-22(14-12-19)28(18(2)29)25-27-21(17-31-25)16-26-24(23-10-7-15-30-23)20-8-5-4-6-9-20/h4-15,17,24,26H,3,16H2,1-2H3. The van der Waals surface area contributed by atoms with E-state index >= 15 is 0 Å². The summed E-state index contributed by atoms with van der Waals surface area (Å²) >= 11 is 3.23. The molecule has 2 aromatic carbocycles. The van der Waals surface area contributed by atoms with Crippen LogP contribution in [0.25, 0.3) is 0 Å². The van der Waals surface area contributed by atoms with Gasteiger partial charge in [0.2, 0.25) is 5.91 Å². The molecule has 0 aliphatic rings. The Morgan fingerprint density at radius 3 is 2.45 bits per heavy atom. The van der Waals surface area contributed by atoms with Crippen molar-refractivity contribution in [1.82, 2.24) is 10.3 Å². The molecule has 0 aliphatic heterocycles. The van der Waals surface area contributed by atoms with E-state index in [4.69, 9.17) is 4.98 Å². The van der Waals surface area contributed by atoms with E-state index in [1.54, 1.807) is 23.2 Å². The van der Waals surface area contributed by atoms with Gasteiger partial charge in [0.1, 0.15) is 0 Å². The summed E-state index contributed by atoms with van der Waals surface area (Å²) in [4.78, 5) is 20.1. The maximum absolute atomic E-state index is 12.4. The van der Waals surface area contributed by atoms with Gasteiger partial charge in [0.05, 0.1) is 17.4 Å². The number of thiophene rings is 1. The number of carbonyl (C=O) groups is 1. The third-order valence-corrected chi connectivity index (χ3v) is 6.91. The van der Waals surface area contributed by atoms with Crippen molar-refractivity contribution in [2.24, 2.45) is 0 Å². The molecule has 0 bridgehead atoms. The van der Waals surface area contributed by atoms with E-state index in [2.05, 4.69) is 66.2 Å². The second kappa shape index (κ2) is 10.0.